The molecule has 1 aromatic carbocycles. The van der Waals surface area contributed by atoms with Crippen LogP contribution >= 0.6 is 0 Å². The molecule has 0 aliphatic carbocycles. The summed E-state index contributed by atoms with van der Waals surface area (Å²) in [6.45, 7) is 8.32. The molecule has 0 bridgehead atoms. The first-order valence-corrected chi connectivity index (χ1v) is 8.50. The Morgan fingerprint density at radius 3 is 2.58 bits per heavy atom. The Hall–Kier alpha value is -3.03. The Morgan fingerprint density at radius 1 is 1.19 bits per heavy atom. The zero-order valence-corrected chi connectivity index (χ0v) is 15.7. The molecule has 0 aliphatic rings. The molecule has 0 unspecified atom stereocenters. The van der Waals surface area contributed by atoms with Crippen molar-refractivity contribution in [3.8, 4) is 0 Å². The maximum absolute atomic E-state index is 12.5. The number of carbonyl (C=O) groups excluding carboxylic acids is 1. The second kappa shape index (κ2) is 7.07. The fourth-order valence-corrected chi connectivity index (χ4v) is 2.62. The van der Waals surface area contributed by atoms with Gasteiger partial charge < -0.3 is 14.8 Å². The van der Waals surface area contributed by atoms with Gasteiger partial charge in [-0.1, -0.05) is 0 Å². The molecular weight excluding hydrogens is 330 g/mol. The van der Waals surface area contributed by atoms with Crippen molar-refractivity contribution < 1.29 is 4.79 Å². The summed E-state index contributed by atoms with van der Waals surface area (Å²) in [6.07, 6.45) is 1.68. The van der Waals surface area contributed by atoms with Gasteiger partial charge in [0.05, 0.1) is 29.0 Å². The number of aromatic nitrogens is 5. The number of amides is 2. The lowest BCUT2D eigenvalue weighted by atomic mass is 10.2. The smallest absolute Gasteiger partial charge is 0.320 e. The van der Waals surface area contributed by atoms with Crippen LogP contribution in [0.3, 0.4) is 0 Å². The standard InChI is InChI=1S/C18H23N7O/c1-11(2)25-10-19-23-17(25)9-24(5)18(26)22-14-6-7-15-16(8-14)21-13(4)12(3)20-15/h6-8,10-11H,9H2,1-5H3,(H,22,26). The average molecular weight is 353 g/mol. The number of hydrogen-bond donors (Lipinski definition) is 1. The minimum Gasteiger partial charge on any atom is -0.320 e. The van der Waals surface area contributed by atoms with Gasteiger partial charge in [0.25, 0.3) is 0 Å². The lowest BCUT2D eigenvalue weighted by molar-refractivity contribution is 0.218. The van der Waals surface area contributed by atoms with Crippen LogP contribution in [0.1, 0.15) is 37.1 Å². The van der Waals surface area contributed by atoms with Gasteiger partial charge >= 0.3 is 6.03 Å². The molecule has 2 heterocycles. The number of urea groups is 1. The van der Waals surface area contributed by atoms with Crippen LogP contribution in [-0.4, -0.2) is 42.7 Å². The van der Waals surface area contributed by atoms with E-state index in [0.29, 0.717) is 12.2 Å². The Bertz CT molecular complexity index is 948. The molecule has 3 aromatic rings. The van der Waals surface area contributed by atoms with Crippen molar-refractivity contribution in [2.75, 3.05) is 12.4 Å². The maximum atomic E-state index is 12.5. The van der Waals surface area contributed by atoms with E-state index in [2.05, 4.69) is 25.5 Å². The number of aryl methyl sites for hydroxylation is 2. The summed E-state index contributed by atoms with van der Waals surface area (Å²) in [7, 11) is 1.73. The minimum atomic E-state index is -0.223. The van der Waals surface area contributed by atoms with Gasteiger partial charge in [0.15, 0.2) is 5.82 Å². The van der Waals surface area contributed by atoms with Crippen molar-refractivity contribution in [3.05, 3.63) is 41.7 Å². The van der Waals surface area contributed by atoms with Gasteiger partial charge in [0.1, 0.15) is 6.33 Å². The molecule has 0 aliphatic heterocycles. The zero-order valence-electron chi connectivity index (χ0n) is 15.7. The summed E-state index contributed by atoms with van der Waals surface area (Å²) in [5, 5.41) is 10.9. The maximum Gasteiger partial charge on any atom is 0.321 e. The molecule has 8 heteroatoms. The highest BCUT2D eigenvalue weighted by Crippen LogP contribution is 2.18. The average Bonchev–Trinajstić information content (AvgIpc) is 3.04. The van der Waals surface area contributed by atoms with E-state index in [1.54, 1.807) is 18.3 Å². The fourth-order valence-electron chi connectivity index (χ4n) is 2.62. The molecule has 8 nitrogen and oxygen atoms in total. The highest BCUT2D eigenvalue weighted by molar-refractivity contribution is 5.91. The Balaban J connectivity index is 1.73. The number of fused-ring (bicyclic) bond motifs is 1. The third kappa shape index (κ3) is 3.63. The van der Waals surface area contributed by atoms with E-state index in [9.17, 15) is 4.79 Å². The number of nitrogens with zero attached hydrogens (tertiary/aromatic N) is 6. The van der Waals surface area contributed by atoms with E-state index in [4.69, 9.17) is 0 Å². The first-order chi connectivity index (χ1) is 12.3. The number of benzene rings is 1. The lowest BCUT2D eigenvalue weighted by Crippen LogP contribution is -2.32. The summed E-state index contributed by atoms with van der Waals surface area (Å²) < 4.78 is 1.94. The SMILES string of the molecule is Cc1nc2ccc(NC(=O)N(C)Cc3nncn3C(C)C)cc2nc1C. The summed E-state index contributed by atoms with van der Waals surface area (Å²) in [5.74, 6) is 0.744. The largest absolute Gasteiger partial charge is 0.321 e. The van der Waals surface area contributed by atoms with Crippen LogP contribution in [0.15, 0.2) is 24.5 Å². The highest BCUT2D eigenvalue weighted by atomic mass is 16.2. The van der Waals surface area contributed by atoms with Gasteiger partial charge in [0.2, 0.25) is 0 Å². The Kier molecular flexibility index (Phi) is 4.83. The predicted octanol–water partition coefficient (Wildman–Crippen LogP) is 3.08. The van der Waals surface area contributed by atoms with E-state index in [1.807, 2.05) is 50.5 Å². The monoisotopic (exact) mass is 353 g/mol. The van der Waals surface area contributed by atoms with E-state index in [-0.39, 0.29) is 12.1 Å². The molecule has 0 atom stereocenters. The van der Waals surface area contributed by atoms with Crippen LogP contribution in [-0.2, 0) is 6.54 Å². The van der Waals surface area contributed by atoms with Crippen LogP contribution < -0.4 is 5.32 Å². The van der Waals surface area contributed by atoms with Gasteiger partial charge in [-0.2, -0.15) is 0 Å². The van der Waals surface area contributed by atoms with Gasteiger partial charge in [-0.3, -0.25) is 0 Å². The summed E-state index contributed by atoms with van der Waals surface area (Å²) in [6, 6.07) is 5.53. The number of nitrogens with one attached hydrogen (secondary N) is 1. The van der Waals surface area contributed by atoms with Crippen LogP contribution in [0.2, 0.25) is 0 Å². The van der Waals surface area contributed by atoms with Crippen LogP contribution in [0.5, 0.6) is 0 Å². The molecule has 1 N–H and O–H groups in total. The van der Waals surface area contributed by atoms with Crippen LogP contribution in [0, 0.1) is 13.8 Å². The fraction of sp³-hybridized carbons (Fsp3) is 0.389. The van der Waals surface area contributed by atoms with Crippen LogP contribution in [0.4, 0.5) is 10.5 Å². The third-order valence-corrected chi connectivity index (χ3v) is 4.26. The first-order valence-electron chi connectivity index (χ1n) is 8.50. The number of hydrogen-bond acceptors (Lipinski definition) is 5. The Labute approximate surface area is 152 Å². The third-order valence-electron chi connectivity index (χ3n) is 4.26. The number of rotatable bonds is 4. The quantitative estimate of drug-likeness (QED) is 0.778. The molecule has 0 saturated carbocycles. The minimum absolute atomic E-state index is 0.223. The molecular formula is C18H23N7O. The van der Waals surface area contributed by atoms with E-state index >= 15 is 0 Å². The van der Waals surface area contributed by atoms with Crippen molar-refractivity contribution in [2.24, 2.45) is 0 Å². The van der Waals surface area contributed by atoms with E-state index in [0.717, 1.165) is 28.2 Å². The van der Waals surface area contributed by atoms with Crippen molar-refractivity contribution in [1.82, 2.24) is 29.6 Å². The molecule has 136 valence electrons. The summed E-state index contributed by atoms with van der Waals surface area (Å²) in [5.41, 5.74) is 4.03. The van der Waals surface area contributed by atoms with E-state index in [1.165, 1.54) is 0 Å². The van der Waals surface area contributed by atoms with Crippen molar-refractivity contribution in [3.63, 3.8) is 0 Å². The van der Waals surface area contributed by atoms with Crippen LogP contribution in [0.25, 0.3) is 11.0 Å². The second-order valence-corrected chi connectivity index (χ2v) is 6.63. The van der Waals surface area contributed by atoms with E-state index < -0.39 is 0 Å². The molecule has 26 heavy (non-hydrogen) atoms. The normalized spacial score (nSPS) is 11.2. The van der Waals surface area contributed by atoms with Gasteiger partial charge in [0, 0.05) is 18.8 Å². The predicted molar refractivity (Wildman–Crippen MR) is 99.9 cm³/mol. The molecule has 0 saturated heterocycles. The second-order valence-electron chi connectivity index (χ2n) is 6.63. The van der Waals surface area contributed by atoms with Crippen molar-refractivity contribution in [2.45, 2.75) is 40.3 Å². The van der Waals surface area contributed by atoms with Gasteiger partial charge in [-0.05, 0) is 45.9 Å². The summed E-state index contributed by atoms with van der Waals surface area (Å²) >= 11 is 0. The molecule has 3 rings (SSSR count). The van der Waals surface area contributed by atoms with Crippen molar-refractivity contribution in [1.29, 1.82) is 0 Å². The number of carbonyl (C=O) groups is 1. The molecule has 2 aromatic heterocycles. The molecule has 0 radical (unpaired) electrons. The zero-order chi connectivity index (χ0) is 18.8. The first kappa shape index (κ1) is 17.8. The summed E-state index contributed by atoms with van der Waals surface area (Å²) in [4.78, 5) is 23.1. The highest BCUT2D eigenvalue weighted by Gasteiger charge is 2.15. The molecule has 0 spiro atoms. The van der Waals surface area contributed by atoms with Crippen molar-refractivity contribution >= 4 is 22.8 Å². The number of anilines is 1. The topological polar surface area (TPSA) is 88.8 Å². The van der Waals surface area contributed by atoms with Gasteiger partial charge in [-0.15, -0.1) is 10.2 Å². The molecule has 0 fully saturated rings. The molecule has 2 amide bonds. The Morgan fingerprint density at radius 2 is 1.88 bits per heavy atom. The van der Waals surface area contributed by atoms with Gasteiger partial charge in [-0.25, -0.2) is 14.8 Å². The lowest BCUT2D eigenvalue weighted by Gasteiger charge is -2.19.